The highest BCUT2D eigenvalue weighted by Crippen LogP contribution is 2.18. The standard InChI is InChI=1S/C21H22FN3OS/c1-14-4-10-19(11-5-14)27-13-12-23-15(2)20-16(3)24-25(21(20)26)18-8-6-17(22)7-9-18/h4-11,24H,12-13H2,1-3H3. The highest BCUT2D eigenvalue weighted by atomic mass is 32.2. The molecule has 6 heteroatoms. The van der Waals surface area contributed by atoms with Gasteiger partial charge in [0.15, 0.2) is 0 Å². The van der Waals surface area contributed by atoms with E-state index in [4.69, 9.17) is 0 Å². The van der Waals surface area contributed by atoms with Crippen LogP contribution < -0.4 is 5.56 Å². The fourth-order valence-corrected chi connectivity index (χ4v) is 3.58. The van der Waals surface area contributed by atoms with Crippen molar-refractivity contribution in [1.82, 2.24) is 9.78 Å². The molecule has 0 fully saturated rings. The average Bonchev–Trinajstić information content (AvgIpc) is 2.95. The van der Waals surface area contributed by atoms with Gasteiger partial charge >= 0.3 is 0 Å². The van der Waals surface area contributed by atoms with Crippen LogP contribution >= 0.6 is 11.8 Å². The minimum Gasteiger partial charge on any atom is -0.295 e. The number of nitrogens with zero attached hydrogens (tertiary/aromatic N) is 2. The van der Waals surface area contributed by atoms with Gasteiger partial charge in [-0.15, -0.1) is 11.8 Å². The number of thioether (sulfide) groups is 1. The monoisotopic (exact) mass is 383 g/mol. The van der Waals surface area contributed by atoms with Crippen molar-refractivity contribution in [3.8, 4) is 5.69 Å². The summed E-state index contributed by atoms with van der Waals surface area (Å²) in [6.45, 7) is 6.39. The number of nitrogens with one attached hydrogen (secondary N) is 1. The second-order valence-electron chi connectivity index (χ2n) is 6.36. The first-order valence-electron chi connectivity index (χ1n) is 8.74. The summed E-state index contributed by atoms with van der Waals surface area (Å²) in [5.74, 6) is 0.509. The van der Waals surface area contributed by atoms with Gasteiger partial charge in [0.25, 0.3) is 5.56 Å². The third-order valence-corrected chi connectivity index (χ3v) is 5.24. The molecular formula is C21H22FN3OS. The Bertz CT molecular complexity index is 1000. The number of aryl methyl sites for hydroxylation is 2. The number of aliphatic imine (C=N–C) groups is 1. The number of aromatic nitrogens is 2. The van der Waals surface area contributed by atoms with Crippen LogP contribution in [-0.2, 0) is 0 Å². The van der Waals surface area contributed by atoms with Gasteiger partial charge in [-0.05, 0) is 57.2 Å². The van der Waals surface area contributed by atoms with Crippen molar-refractivity contribution < 1.29 is 4.39 Å². The molecule has 0 atom stereocenters. The number of aromatic amines is 1. The van der Waals surface area contributed by atoms with E-state index in [1.54, 1.807) is 23.9 Å². The number of halogens is 1. The van der Waals surface area contributed by atoms with Crippen molar-refractivity contribution in [2.75, 3.05) is 12.3 Å². The van der Waals surface area contributed by atoms with Crippen molar-refractivity contribution in [3.63, 3.8) is 0 Å². The molecule has 2 aromatic carbocycles. The molecule has 1 heterocycles. The smallest absolute Gasteiger partial charge is 0.280 e. The summed E-state index contributed by atoms with van der Waals surface area (Å²) in [6.07, 6.45) is 0. The Morgan fingerprint density at radius 1 is 1.11 bits per heavy atom. The van der Waals surface area contributed by atoms with Crippen LogP contribution in [0.4, 0.5) is 4.39 Å². The lowest BCUT2D eigenvalue weighted by Crippen LogP contribution is -2.20. The van der Waals surface area contributed by atoms with Crippen LogP contribution in [0.1, 0.15) is 23.7 Å². The molecule has 0 amide bonds. The molecule has 0 aliphatic carbocycles. The molecular weight excluding hydrogens is 361 g/mol. The maximum atomic E-state index is 13.1. The van der Waals surface area contributed by atoms with E-state index in [-0.39, 0.29) is 11.4 Å². The zero-order valence-corrected chi connectivity index (χ0v) is 16.4. The zero-order valence-electron chi connectivity index (χ0n) is 15.6. The van der Waals surface area contributed by atoms with Gasteiger partial charge in [0, 0.05) is 28.6 Å². The average molecular weight is 383 g/mol. The summed E-state index contributed by atoms with van der Waals surface area (Å²) < 4.78 is 14.5. The van der Waals surface area contributed by atoms with Crippen molar-refractivity contribution in [2.45, 2.75) is 25.7 Å². The van der Waals surface area contributed by atoms with E-state index < -0.39 is 0 Å². The Morgan fingerprint density at radius 3 is 2.44 bits per heavy atom. The van der Waals surface area contributed by atoms with Gasteiger partial charge in [0.05, 0.1) is 11.3 Å². The lowest BCUT2D eigenvalue weighted by molar-refractivity contribution is 0.627. The molecule has 0 aliphatic heterocycles. The van der Waals surface area contributed by atoms with E-state index in [1.807, 2.05) is 13.8 Å². The maximum Gasteiger partial charge on any atom is 0.280 e. The Balaban J connectivity index is 1.71. The van der Waals surface area contributed by atoms with Gasteiger partial charge in [-0.1, -0.05) is 17.7 Å². The quantitative estimate of drug-likeness (QED) is 0.386. The highest BCUT2D eigenvalue weighted by Gasteiger charge is 2.14. The second kappa shape index (κ2) is 8.39. The lowest BCUT2D eigenvalue weighted by Gasteiger charge is -2.02. The Labute approximate surface area is 162 Å². The molecule has 0 saturated carbocycles. The molecule has 3 rings (SSSR count). The van der Waals surface area contributed by atoms with E-state index in [9.17, 15) is 9.18 Å². The number of hydrogen-bond acceptors (Lipinski definition) is 3. The van der Waals surface area contributed by atoms with Crippen LogP contribution in [0.15, 0.2) is 63.2 Å². The molecule has 1 N–H and O–H groups in total. The molecule has 27 heavy (non-hydrogen) atoms. The summed E-state index contributed by atoms with van der Waals surface area (Å²) >= 11 is 1.74. The number of hydrogen-bond donors (Lipinski definition) is 1. The van der Waals surface area contributed by atoms with Gasteiger partial charge in [-0.3, -0.25) is 14.9 Å². The van der Waals surface area contributed by atoms with E-state index in [0.29, 0.717) is 23.5 Å². The van der Waals surface area contributed by atoms with E-state index >= 15 is 0 Å². The predicted octanol–water partition coefficient (Wildman–Crippen LogP) is 4.52. The summed E-state index contributed by atoms with van der Waals surface area (Å²) in [5, 5.41) is 3.05. The van der Waals surface area contributed by atoms with Gasteiger partial charge in [-0.25, -0.2) is 9.07 Å². The van der Waals surface area contributed by atoms with Crippen LogP contribution in [0.2, 0.25) is 0 Å². The number of H-pyrrole nitrogens is 1. The molecule has 0 radical (unpaired) electrons. The molecule has 1 aromatic heterocycles. The molecule has 0 spiro atoms. The minimum atomic E-state index is -0.334. The molecule has 0 saturated heterocycles. The zero-order chi connectivity index (χ0) is 19.4. The van der Waals surface area contributed by atoms with Crippen LogP contribution in [0.5, 0.6) is 0 Å². The fourth-order valence-electron chi connectivity index (χ4n) is 2.84. The van der Waals surface area contributed by atoms with Gasteiger partial charge < -0.3 is 0 Å². The molecule has 0 unspecified atom stereocenters. The third kappa shape index (κ3) is 4.57. The van der Waals surface area contributed by atoms with Gasteiger partial charge in [-0.2, -0.15) is 0 Å². The first kappa shape index (κ1) is 19.2. The van der Waals surface area contributed by atoms with Crippen LogP contribution in [0, 0.1) is 19.7 Å². The van der Waals surface area contributed by atoms with Crippen LogP contribution in [-0.4, -0.2) is 27.8 Å². The highest BCUT2D eigenvalue weighted by molar-refractivity contribution is 7.99. The van der Waals surface area contributed by atoms with Crippen LogP contribution in [0.25, 0.3) is 5.69 Å². The topological polar surface area (TPSA) is 50.1 Å². The first-order valence-corrected chi connectivity index (χ1v) is 9.72. The molecule has 140 valence electrons. The molecule has 0 aliphatic rings. The van der Waals surface area contributed by atoms with Crippen LogP contribution in [0.3, 0.4) is 0 Å². The second-order valence-corrected chi connectivity index (χ2v) is 7.53. The SMILES string of the molecule is CC(=NCCSc1ccc(C)cc1)c1c(C)[nH]n(-c2ccc(F)cc2)c1=O. The summed E-state index contributed by atoms with van der Waals surface area (Å²) in [7, 11) is 0. The Kier molecular flexibility index (Phi) is 5.96. The van der Waals surface area contributed by atoms with Crippen molar-refractivity contribution in [2.24, 2.45) is 4.99 Å². The normalized spacial score (nSPS) is 11.8. The summed E-state index contributed by atoms with van der Waals surface area (Å²) in [5.41, 5.74) is 3.69. The lowest BCUT2D eigenvalue weighted by atomic mass is 10.2. The van der Waals surface area contributed by atoms with E-state index in [1.165, 1.54) is 27.3 Å². The summed E-state index contributed by atoms with van der Waals surface area (Å²) in [6, 6.07) is 14.2. The largest absolute Gasteiger partial charge is 0.295 e. The van der Waals surface area contributed by atoms with E-state index in [2.05, 4.69) is 41.3 Å². The predicted molar refractivity (Wildman–Crippen MR) is 110 cm³/mol. The molecule has 0 bridgehead atoms. The first-order chi connectivity index (χ1) is 13.0. The maximum absolute atomic E-state index is 13.1. The Morgan fingerprint density at radius 2 is 1.78 bits per heavy atom. The summed E-state index contributed by atoms with van der Waals surface area (Å²) in [4.78, 5) is 18.5. The van der Waals surface area contributed by atoms with Gasteiger partial charge in [0.2, 0.25) is 0 Å². The third-order valence-electron chi connectivity index (χ3n) is 4.25. The van der Waals surface area contributed by atoms with Crippen molar-refractivity contribution in [3.05, 3.63) is 81.5 Å². The number of rotatable bonds is 6. The fraction of sp³-hybridized carbons (Fsp3) is 0.238. The molecule has 3 aromatic rings. The van der Waals surface area contributed by atoms with Crippen molar-refractivity contribution in [1.29, 1.82) is 0 Å². The van der Waals surface area contributed by atoms with Gasteiger partial charge in [0.1, 0.15) is 5.82 Å². The number of benzene rings is 2. The Hall–Kier alpha value is -2.60. The van der Waals surface area contributed by atoms with Crippen molar-refractivity contribution >= 4 is 17.5 Å². The molecule has 4 nitrogen and oxygen atoms in total. The minimum absolute atomic E-state index is 0.174. The van der Waals surface area contributed by atoms with E-state index in [0.717, 1.165) is 11.4 Å².